The molecule has 0 aromatic carbocycles. The van der Waals surface area contributed by atoms with Gasteiger partial charge < -0.3 is 62.7 Å². The number of fused-ring (bicyclic) bond motifs is 2. The van der Waals surface area contributed by atoms with Gasteiger partial charge in [-0.3, -0.25) is 4.79 Å². The molecule has 21 atom stereocenters. The summed E-state index contributed by atoms with van der Waals surface area (Å²) in [6.07, 6.45) is 1.89. The van der Waals surface area contributed by atoms with Crippen LogP contribution in [-0.2, 0) is 52.2 Å². The third-order valence-corrected chi connectivity index (χ3v) is 15.2. The van der Waals surface area contributed by atoms with Gasteiger partial charge in [-0.1, -0.05) is 33.3 Å². The molecule has 6 aliphatic heterocycles. The van der Waals surface area contributed by atoms with Gasteiger partial charge in [-0.05, 0) is 83.1 Å². The van der Waals surface area contributed by atoms with Crippen molar-refractivity contribution < 1.29 is 67.5 Å². The van der Waals surface area contributed by atoms with Crippen LogP contribution in [0.4, 0.5) is 0 Å². The molecule has 1 spiro atoms. The summed E-state index contributed by atoms with van der Waals surface area (Å²) in [6, 6.07) is 0. The zero-order chi connectivity index (χ0) is 42.4. The van der Waals surface area contributed by atoms with E-state index in [0.717, 1.165) is 24.8 Å². The zero-order valence-electron chi connectivity index (χ0n) is 36.9. The van der Waals surface area contributed by atoms with Crippen LogP contribution in [0, 0.1) is 29.6 Å². The average Bonchev–Trinajstić information content (AvgIpc) is 3.53. The maximum Gasteiger partial charge on any atom is 0.312 e. The van der Waals surface area contributed by atoms with Crippen LogP contribution in [0.15, 0.2) is 11.6 Å². The van der Waals surface area contributed by atoms with Gasteiger partial charge in [0.25, 0.3) is 0 Å². The number of aliphatic hydroxyl groups excluding tert-OH is 2. The van der Waals surface area contributed by atoms with Crippen molar-refractivity contribution in [2.75, 3.05) is 20.8 Å². The molecular formula is C45H74O14. The van der Waals surface area contributed by atoms with Crippen molar-refractivity contribution in [2.24, 2.45) is 29.6 Å². The van der Waals surface area contributed by atoms with Gasteiger partial charge in [-0.2, -0.15) is 0 Å². The van der Waals surface area contributed by atoms with Crippen LogP contribution in [0.3, 0.4) is 0 Å². The molecule has 0 radical (unpaired) electrons. The van der Waals surface area contributed by atoms with Gasteiger partial charge in [0.05, 0.1) is 61.4 Å². The van der Waals surface area contributed by atoms with Gasteiger partial charge in [0.1, 0.15) is 30.0 Å². The molecule has 7 aliphatic rings. The highest BCUT2D eigenvalue weighted by Crippen LogP contribution is 2.51. The topological polar surface area (TPSA) is 170 Å². The van der Waals surface area contributed by atoms with Gasteiger partial charge in [0, 0.05) is 52.2 Å². The standard InChI is InChI=1S/C45H74O14/c1-23-15-16-44(58-27(23)5)21-32-18-31(59-44)14-13-25(3)40(24(2)11-10-12-30-22-52-42-38(46)26(4)17-33(43(48)55-32)45(30,42)49)56-37-20-35(51-9)41(29(7)54-37)57-36-19-34(50-8)39(47)28(6)53-36/h13,23-24,26-42,46-47,49H,10-12,14-22H2,1-9H3/b25-13+/t23-,24-,26+,27+,28-,29-,30+,31+,32-,33-,34-,35-,36-,37-,38+,39-,40-,41-,42+,44-,45+/m0/s1. The second-order valence-electron chi connectivity index (χ2n) is 19.4. The number of carbonyl (C=O) groups excluding carboxylic acids is 1. The predicted octanol–water partition coefficient (Wildman–Crippen LogP) is 4.96. The second kappa shape index (κ2) is 18.8. The number of ether oxygens (including phenoxy) is 10. The van der Waals surface area contributed by atoms with Gasteiger partial charge in [0.2, 0.25) is 0 Å². The smallest absolute Gasteiger partial charge is 0.312 e. The molecule has 14 nitrogen and oxygen atoms in total. The van der Waals surface area contributed by atoms with Crippen LogP contribution in [0.2, 0.25) is 0 Å². The van der Waals surface area contributed by atoms with Crippen LogP contribution in [0.1, 0.15) is 119 Å². The Morgan fingerprint density at radius 1 is 0.763 bits per heavy atom. The molecule has 0 aromatic heterocycles. The van der Waals surface area contributed by atoms with E-state index in [4.69, 9.17) is 47.4 Å². The molecular weight excluding hydrogens is 764 g/mol. The van der Waals surface area contributed by atoms with Crippen molar-refractivity contribution in [3.05, 3.63) is 11.6 Å². The van der Waals surface area contributed by atoms with Crippen molar-refractivity contribution in [1.29, 1.82) is 0 Å². The minimum absolute atomic E-state index is 0.0149. The minimum Gasteiger partial charge on any atom is -0.462 e. The average molecular weight is 839 g/mol. The number of rotatable bonds is 6. The highest BCUT2D eigenvalue weighted by molar-refractivity contribution is 5.75. The summed E-state index contributed by atoms with van der Waals surface area (Å²) in [7, 11) is 3.25. The molecule has 0 amide bonds. The maximum atomic E-state index is 14.3. The Kier molecular flexibility index (Phi) is 14.6. The van der Waals surface area contributed by atoms with E-state index in [2.05, 4.69) is 33.8 Å². The molecule has 3 N–H and O–H groups in total. The summed E-state index contributed by atoms with van der Waals surface area (Å²) in [6.45, 7) is 14.5. The van der Waals surface area contributed by atoms with Gasteiger partial charge in [0.15, 0.2) is 18.4 Å². The van der Waals surface area contributed by atoms with E-state index >= 15 is 0 Å². The van der Waals surface area contributed by atoms with E-state index in [1.165, 1.54) is 0 Å². The quantitative estimate of drug-likeness (QED) is 0.242. The largest absolute Gasteiger partial charge is 0.462 e. The predicted molar refractivity (Wildman–Crippen MR) is 214 cm³/mol. The number of methoxy groups -OCH3 is 2. The first-order chi connectivity index (χ1) is 28.0. The molecule has 59 heavy (non-hydrogen) atoms. The summed E-state index contributed by atoms with van der Waals surface area (Å²) < 4.78 is 63.6. The van der Waals surface area contributed by atoms with Crippen LogP contribution >= 0.6 is 0 Å². The van der Waals surface area contributed by atoms with Crippen LogP contribution in [0.25, 0.3) is 0 Å². The highest BCUT2D eigenvalue weighted by Gasteiger charge is 2.64. The van der Waals surface area contributed by atoms with Crippen molar-refractivity contribution in [2.45, 2.75) is 216 Å². The van der Waals surface area contributed by atoms with E-state index in [9.17, 15) is 20.1 Å². The Balaban J connectivity index is 1.12. The first-order valence-electron chi connectivity index (χ1n) is 22.7. The Morgan fingerprint density at radius 3 is 2.20 bits per heavy atom. The molecule has 6 heterocycles. The van der Waals surface area contributed by atoms with Crippen molar-refractivity contribution in [3.63, 3.8) is 0 Å². The van der Waals surface area contributed by atoms with Crippen molar-refractivity contribution in [1.82, 2.24) is 0 Å². The first kappa shape index (κ1) is 45.7. The monoisotopic (exact) mass is 839 g/mol. The van der Waals surface area contributed by atoms with Gasteiger partial charge in [-0.15, -0.1) is 0 Å². The second-order valence-corrected chi connectivity index (χ2v) is 19.4. The lowest BCUT2D eigenvalue weighted by atomic mass is 9.63. The molecule has 1 aliphatic carbocycles. The molecule has 14 heteroatoms. The Morgan fingerprint density at radius 2 is 1.47 bits per heavy atom. The minimum atomic E-state index is -1.55. The fraction of sp³-hybridized carbons (Fsp3) is 0.933. The molecule has 0 aromatic rings. The number of carbonyl (C=O) groups is 1. The molecule has 7 rings (SSSR count). The van der Waals surface area contributed by atoms with Crippen molar-refractivity contribution in [3.8, 4) is 0 Å². The number of aliphatic hydroxyl groups is 3. The first-order valence-corrected chi connectivity index (χ1v) is 22.7. The van der Waals surface area contributed by atoms with Crippen LogP contribution < -0.4 is 0 Å². The van der Waals surface area contributed by atoms with Crippen LogP contribution in [-0.4, -0.2) is 139 Å². The Bertz CT molecular complexity index is 1450. The lowest BCUT2D eigenvalue weighted by Crippen LogP contribution is -2.63. The lowest BCUT2D eigenvalue weighted by Gasteiger charge is -2.50. The molecule has 0 unspecified atom stereocenters. The number of hydrogen-bond acceptors (Lipinski definition) is 14. The third-order valence-electron chi connectivity index (χ3n) is 15.2. The summed E-state index contributed by atoms with van der Waals surface area (Å²) in [4.78, 5) is 14.3. The highest BCUT2D eigenvalue weighted by atomic mass is 16.7. The lowest BCUT2D eigenvalue weighted by molar-refractivity contribution is -0.332. The normalized spacial score (nSPS) is 52.3. The van der Waals surface area contributed by atoms with E-state index in [-0.39, 0.29) is 54.9 Å². The van der Waals surface area contributed by atoms with E-state index in [1.54, 1.807) is 14.2 Å². The SMILES string of the molecule is CO[C@H]1C[C@H](O[C@H]2[C@H](C)O[C@@H](O[C@@H]3/C(C)=C/C[C@@H]4C[C@@H](C[C@]5(CC[C@H](C)[C@@H](C)O5)O4)OC(=O)[C@@H]4C[C@@H](C)[C@@H](O)[C@H]5OC[C@@H](CCC[C@@H]3C)[C@]54O)C[C@@H]2OC)O[C@@H](C)[C@@H]1O. The molecule has 2 bridgehead atoms. The molecule has 5 saturated heterocycles. The Labute approximate surface area is 351 Å². The summed E-state index contributed by atoms with van der Waals surface area (Å²) in [5.41, 5.74) is -0.495. The number of esters is 1. The molecule has 1 saturated carbocycles. The van der Waals surface area contributed by atoms with Gasteiger partial charge >= 0.3 is 5.97 Å². The molecule has 338 valence electrons. The van der Waals surface area contributed by atoms with E-state index in [0.29, 0.717) is 57.3 Å². The number of hydrogen-bond donors (Lipinski definition) is 3. The summed E-state index contributed by atoms with van der Waals surface area (Å²) in [5.74, 6) is -2.27. The summed E-state index contributed by atoms with van der Waals surface area (Å²) in [5, 5.41) is 34.3. The van der Waals surface area contributed by atoms with Gasteiger partial charge in [-0.25, -0.2) is 0 Å². The zero-order valence-corrected chi connectivity index (χ0v) is 36.9. The Hall–Kier alpha value is -1.27. The maximum absolute atomic E-state index is 14.3. The third kappa shape index (κ3) is 9.50. The van der Waals surface area contributed by atoms with Crippen LogP contribution in [0.5, 0.6) is 0 Å². The van der Waals surface area contributed by atoms with Crippen molar-refractivity contribution >= 4 is 5.97 Å². The fourth-order valence-electron chi connectivity index (χ4n) is 11.4. The fourth-order valence-corrected chi connectivity index (χ4v) is 11.4. The van der Waals surface area contributed by atoms with E-state index < -0.39 is 78.6 Å². The molecule has 6 fully saturated rings. The summed E-state index contributed by atoms with van der Waals surface area (Å²) >= 11 is 0. The van der Waals surface area contributed by atoms with E-state index in [1.807, 2.05) is 20.8 Å².